The summed E-state index contributed by atoms with van der Waals surface area (Å²) >= 11 is 0. The predicted molar refractivity (Wildman–Crippen MR) is 88.1 cm³/mol. The van der Waals surface area contributed by atoms with Crippen LogP contribution in [0.2, 0.25) is 0 Å². The zero-order chi connectivity index (χ0) is 18.2. The average molecular weight is 345 g/mol. The molecule has 0 unspecified atom stereocenters. The number of aryl methyl sites for hydroxylation is 1. The van der Waals surface area contributed by atoms with E-state index in [-0.39, 0.29) is 18.0 Å². The summed E-state index contributed by atoms with van der Waals surface area (Å²) in [4.78, 5) is 16.0. The zero-order valence-electron chi connectivity index (χ0n) is 14.2. The Morgan fingerprint density at radius 2 is 2.20 bits per heavy atom. The predicted octanol–water partition coefficient (Wildman–Crippen LogP) is 2.64. The van der Waals surface area contributed by atoms with Crippen LogP contribution in [0.5, 0.6) is 0 Å². The molecular formula is C17H20FN5O2. The van der Waals surface area contributed by atoms with Gasteiger partial charge in [-0.15, -0.1) is 0 Å². The monoisotopic (exact) mass is 345 g/mol. The van der Waals surface area contributed by atoms with Crippen molar-refractivity contribution in [3.63, 3.8) is 0 Å². The van der Waals surface area contributed by atoms with E-state index in [9.17, 15) is 9.18 Å². The molecule has 0 radical (unpaired) electrons. The number of halogens is 1. The third-order valence-corrected chi connectivity index (χ3v) is 3.47. The molecule has 7 nitrogen and oxygen atoms in total. The lowest BCUT2D eigenvalue weighted by atomic mass is 10.1. The Labute approximate surface area is 145 Å². The van der Waals surface area contributed by atoms with Crippen molar-refractivity contribution in [2.75, 3.05) is 6.54 Å². The molecule has 0 aliphatic carbocycles. The van der Waals surface area contributed by atoms with Crippen molar-refractivity contribution in [1.29, 1.82) is 5.26 Å². The second-order valence-corrected chi connectivity index (χ2v) is 5.83. The van der Waals surface area contributed by atoms with Gasteiger partial charge in [0.1, 0.15) is 5.82 Å². The molecule has 1 aromatic heterocycles. The quantitative estimate of drug-likeness (QED) is 0.751. The molecule has 25 heavy (non-hydrogen) atoms. The lowest BCUT2D eigenvalue weighted by molar-refractivity contribution is 0.240. The molecule has 0 atom stereocenters. The second-order valence-electron chi connectivity index (χ2n) is 5.83. The summed E-state index contributed by atoms with van der Waals surface area (Å²) in [6, 6.07) is 5.60. The van der Waals surface area contributed by atoms with E-state index in [2.05, 4.69) is 20.8 Å². The SMILES string of the molecule is CC(C)c1noc(CCCNC(=O)NCc2ccc(C#N)cc2F)n1. The smallest absolute Gasteiger partial charge is 0.315 e. The largest absolute Gasteiger partial charge is 0.339 e. The molecule has 0 fully saturated rings. The van der Waals surface area contributed by atoms with E-state index in [1.165, 1.54) is 12.1 Å². The van der Waals surface area contributed by atoms with Crippen LogP contribution in [0.1, 0.15) is 49.0 Å². The van der Waals surface area contributed by atoms with E-state index in [1.807, 2.05) is 19.9 Å². The molecule has 2 rings (SSSR count). The molecule has 0 saturated heterocycles. The number of nitriles is 1. The first-order chi connectivity index (χ1) is 12.0. The first-order valence-corrected chi connectivity index (χ1v) is 8.02. The van der Waals surface area contributed by atoms with Crippen LogP contribution < -0.4 is 10.6 Å². The van der Waals surface area contributed by atoms with Crippen molar-refractivity contribution in [2.24, 2.45) is 0 Å². The van der Waals surface area contributed by atoms with Gasteiger partial charge in [0.15, 0.2) is 5.82 Å². The highest BCUT2D eigenvalue weighted by atomic mass is 19.1. The van der Waals surface area contributed by atoms with Gasteiger partial charge < -0.3 is 15.2 Å². The van der Waals surface area contributed by atoms with E-state index >= 15 is 0 Å². The molecule has 8 heteroatoms. The number of carbonyl (C=O) groups is 1. The van der Waals surface area contributed by atoms with Crippen LogP contribution in [-0.4, -0.2) is 22.7 Å². The number of benzene rings is 1. The van der Waals surface area contributed by atoms with Gasteiger partial charge in [-0.25, -0.2) is 9.18 Å². The van der Waals surface area contributed by atoms with E-state index in [0.29, 0.717) is 36.7 Å². The van der Waals surface area contributed by atoms with E-state index in [1.54, 1.807) is 0 Å². The lowest BCUT2D eigenvalue weighted by Gasteiger charge is -2.08. The summed E-state index contributed by atoms with van der Waals surface area (Å²) in [6.07, 6.45) is 1.22. The second kappa shape index (κ2) is 8.78. The van der Waals surface area contributed by atoms with Crippen LogP contribution in [0.4, 0.5) is 9.18 Å². The van der Waals surface area contributed by atoms with Crippen molar-refractivity contribution in [2.45, 2.75) is 39.2 Å². The molecule has 0 bridgehead atoms. The van der Waals surface area contributed by atoms with Gasteiger partial charge in [-0.05, 0) is 18.6 Å². The van der Waals surface area contributed by atoms with E-state index in [4.69, 9.17) is 9.78 Å². The maximum absolute atomic E-state index is 13.7. The molecule has 1 heterocycles. The fourth-order valence-corrected chi connectivity index (χ4v) is 2.04. The molecule has 2 amide bonds. The van der Waals surface area contributed by atoms with Crippen molar-refractivity contribution in [1.82, 2.24) is 20.8 Å². The van der Waals surface area contributed by atoms with Gasteiger partial charge in [-0.3, -0.25) is 0 Å². The highest BCUT2D eigenvalue weighted by Crippen LogP contribution is 2.11. The van der Waals surface area contributed by atoms with Gasteiger partial charge in [-0.1, -0.05) is 25.1 Å². The number of carbonyl (C=O) groups excluding carboxylic acids is 1. The molecule has 0 aliphatic heterocycles. The molecule has 0 spiro atoms. The highest BCUT2D eigenvalue weighted by Gasteiger charge is 2.09. The first kappa shape index (κ1) is 18.4. The Bertz CT molecular complexity index is 767. The Morgan fingerprint density at radius 1 is 1.40 bits per heavy atom. The minimum atomic E-state index is -0.517. The summed E-state index contributed by atoms with van der Waals surface area (Å²) in [7, 11) is 0. The zero-order valence-corrected chi connectivity index (χ0v) is 14.2. The molecule has 0 aliphatic rings. The van der Waals surface area contributed by atoms with Crippen molar-refractivity contribution < 1.29 is 13.7 Å². The number of aromatic nitrogens is 2. The Morgan fingerprint density at radius 3 is 2.84 bits per heavy atom. The number of nitrogens with one attached hydrogen (secondary N) is 2. The number of nitrogens with zero attached hydrogens (tertiary/aromatic N) is 3. The van der Waals surface area contributed by atoms with Gasteiger partial charge in [0, 0.05) is 31.0 Å². The maximum Gasteiger partial charge on any atom is 0.315 e. The molecule has 2 N–H and O–H groups in total. The van der Waals surface area contributed by atoms with E-state index < -0.39 is 11.8 Å². The summed E-state index contributed by atoms with van der Waals surface area (Å²) in [5.74, 6) is 0.913. The number of urea groups is 1. The summed E-state index contributed by atoms with van der Waals surface area (Å²) in [5.41, 5.74) is 0.563. The maximum atomic E-state index is 13.7. The molecule has 0 saturated carbocycles. The van der Waals surface area contributed by atoms with Crippen LogP contribution in [0.25, 0.3) is 0 Å². The van der Waals surface area contributed by atoms with Crippen LogP contribution in [0, 0.1) is 17.1 Å². The van der Waals surface area contributed by atoms with Crippen molar-refractivity contribution in [3.8, 4) is 6.07 Å². The normalized spacial score (nSPS) is 10.5. The van der Waals surface area contributed by atoms with Crippen molar-refractivity contribution in [3.05, 3.63) is 46.9 Å². The highest BCUT2D eigenvalue weighted by molar-refractivity contribution is 5.73. The van der Waals surface area contributed by atoms with Gasteiger partial charge in [0.25, 0.3) is 0 Å². The standard InChI is InChI=1S/C17H20FN5O2/c1-11(2)16-22-15(25-23-16)4-3-7-20-17(24)21-10-13-6-5-12(9-19)8-14(13)18/h5-6,8,11H,3-4,7,10H2,1-2H3,(H2,20,21,24). The van der Waals surface area contributed by atoms with Gasteiger partial charge in [0.2, 0.25) is 5.89 Å². The minimum Gasteiger partial charge on any atom is -0.339 e. The van der Waals surface area contributed by atoms with Crippen molar-refractivity contribution >= 4 is 6.03 Å². The minimum absolute atomic E-state index is 0.0464. The first-order valence-electron chi connectivity index (χ1n) is 8.02. The van der Waals surface area contributed by atoms with Crippen LogP contribution in [0.15, 0.2) is 22.7 Å². The van der Waals surface area contributed by atoms with Gasteiger partial charge >= 0.3 is 6.03 Å². The Hall–Kier alpha value is -2.95. The molecule has 132 valence electrons. The summed E-state index contributed by atoms with van der Waals surface area (Å²) < 4.78 is 18.8. The van der Waals surface area contributed by atoms with E-state index in [0.717, 1.165) is 6.07 Å². The molecule has 1 aromatic carbocycles. The number of hydrogen-bond donors (Lipinski definition) is 2. The fraction of sp³-hybridized carbons (Fsp3) is 0.412. The average Bonchev–Trinajstić information content (AvgIpc) is 3.06. The number of amides is 2. The molecule has 2 aromatic rings. The summed E-state index contributed by atoms with van der Waals surface area (Å²) in [5, 5.41) is 17.8. The third-order valence-electron chi connectivity index (χ3n) is 3.47. The number of rotatable bonds is 7. The van der Waals surface area contributed by atoms with Gasteiger partial charge in [0.05, 0.1) is 11.6 Å². The molecular weight excluding hydrogens is 325 g/mol. The van der Waals surface area contributed by atoms with Gasteiger partial charge in [-0.2, -0.15) is 10.2 Å². The Kier molecular flexibility index (Phi) is 6.46. The van der Waals surface area contributed by atoms with Crippen LogP contribution >= 0.6 is 0 Å². The lowest BCUT2D eigenvalue weighted by Crippen LogP contribution is -2.35. The number of hydrogen-bond acceptors (Lipinski definition) is 5. The Balaban J connectivity index is 1.68. The van der Waals surface area contributed by atoms with Crippen LogP contribution in [0.3, 0.4) is 0 Å². The summed E-state index contributed by atoms with van der Waals surface area (Å²) in [6.45, 7) is 4.44. The third kappa shape index (κ3) is 5.57. The topological polar surface area (TPSA) is 104 Å². The van der Waals surface area contributed by atoms with Crippen LogP contribution in [-0.2, 0) is 13.0 Å². The fourth-order valence-electron chi connectivity index (χ4n) is 2.04.